The van der Waals surface area contributed by atoms with Crippen molar-refractivity contribution in [3.8, 4) is 11.1 Å². The highest BCUT2D eigenvalue weighted by molar-refractivity contribution is 5.95. The van der Waals surface area contributed by atoms with Crippen molar-refractivity contribution in [1.82, 2.24) is 10.6 Å². The number of carboxylic acids is 1. The van der Waals surface area contributed by atoms with Gasteiger partial charge in [0.2, 0.25) is 6.23 Å². The number of hydrogen-bond acceptors (Lipinski definition) is 10. The second-order valence-corrected chi connectivity index (χ2v) is 10.3. The Kier molecular flexibility index (Phi) is 10.7. The highest BCUT2D eigenvalue weighted by Crippen LogP contribution is 2.44. The molecule has 46 heavy (non-hydrogen) atoms. The van der Waals surface area contributed by atoms with Crippen LogP contribution < -0.4 is 10.6 Å². The first-order valence-electron chi connectivity index (χ1n) is 14.1. The van der Waals surface area contributed by atoms with Gasteiger partial charge in [-0.15, -0.1) is 0 Å². The van der Waals surface area contributed by atoms with E-state index in [-0.39, 0.29) is 24.5 Å². The quantitative estimate of drug-likeness (QED) is 0.152. The van der Waals surface area contributed by atoms with Crippen molar-refractivity contribution in [2.45, 2.75) is 44.6 Å². The molecule has 1 aliphatic rings. The zero-order valence-corrected chi connectivity index (χ0v) is 25.2. The third kappa shape index (κ3) is 8.05. The molecule has 13 heteroatoms. The molecule has 3 N–H and O–H groups in total. The molecule has 0 saturated heterocycles. The minimum absolute atomic E-state index is 0.0115. The summed E-state index contributed by atoms with van der Waals surface area (Å²) in [5.74, 6) is -5.25. The SMILES string of the molecule is COC(=O)C(Cc1ccc(C(=O)N[C@H](OC(C)=O)[C@@H](OC(C)=O)C(=O)O)cc1)NC(=O)OCC1c2ccccc2-c2ccccc21. The van der Waals surface area contributed by atoms with Gasteiger partial charge in [-0.05, 0) is 39.9 Å². The number of carboxylic acid groups (broad SMARTS) is 1. The van der Waals surface area contributed by atoms with E-state index in [9.17, 15) is 33.9 Å². The molecule has 0 heterocycles. The predicted molar refractivity (Wildman–Crippen MR) is 160 cm³/mol. The van der Waals surface area contributed by atoms with Gasteiger partial charge in [-0.25, -0.2) is 14.4 Å². The maximum absolute atomic E-state index is 12.8. The Morgan fingerprint density at radius 2 is 1.35 bits per heavy atom. The Balaban J connectivity index is 1.40. The van der Waals surface area contributed by atoms with Crippen molar-refractivity contribution in [1.29, 1.82) is 0 Å². The average Bonchev–Trinajstić information content (AvgIpc) is 3.35. The molecular formula is C33H32N2O11. The maximum atomic E-state index is 12.8. The van der Waals surface area contributed by atoms with Gasteiger partial charge in [-0.2, -0.15) is 0 Å². The Labute approximate surface area is 263 Å². The highest BCUT2D eigenvalue weighted by atomic mass is 16.6. The number of fused-ring (bicyclic) bond motifs is 3. The van der Waals surface area contributed by atoms with Crippen LogP contribution in [0.5, 0.6) is 0 Å². The van der Waals surface area contributed by atoms with Gasteiger partial charge in [-0.1, -0.05) is 60.7 Å². The van der Waals surface area contributed by atoms with Crippen molar-refractivity contribution in [2.24, 2.45) is 0 Å². The van der Waals surface area contributed by atoms with Gasteiger partial charge in [-0.3, -0.25) is 14.4 Å². The number of hydrogen-bond donors (Lipinski definition) is 3. The molecule has 0 spiro atoms. The number of carbonyl (C=O) groups is 6. The molecule has 0 aliphatic heterocycles. The van der Waals surface area contributed by atoms with Gasteiger partial charge in [0.15, 0.2) is 0 Å². The third-order valence-corrected chi connectivity index (χ3v) is 7.15. The Bertz CT molecular complexity index is 1590. The topological polar surface area (TPSA) is 184 Å². The molecule has 3 aromatic rings. The van der Waals surface area contributed by atoms with E-state index < -0.39 is 54.3 Å². The minimum atomic E-state index is -1.99. The fourth-order valence-electron chi connectivity index (χ4n) is 5.12. The van der Waals surface area contributed by atoms with Crippen molar-refractivity contribution in [2.75, 3.05) is 13.7 Å². The Morgan fingerprint density at radius 1 is 0.783 bits per heavy atom. The summed E-state index contributed by atoms with van der Waals surface area (Å²) in [7, 11) is 1.18. The van der Waals surface area contributed by atoms with E-state index in [1.54, 1.807) is 0 Å². The summed E-state index contributed by atoms with van der Waals surface area (Å²) >= 11 is 0. The average molecular weight is 633 g/mol. The summed E-state index contributed by atoms with van der Waals surface area (Å²) < 4.78 is 20.0. The smallest absolute Gasteiger partial charge is 0.407 e. The molecule has 13 nitrogen and oxygen atoms in total. The van der Waals surface area contributed by atoms with E-state index in [0.717, 1.165) is 36.1 Å². The van der Waals surface area contributed by atoms with E-state index in [1.807, 2.05) is 48.5 Å². The first kappa shape index (κ1) is 33.2. The van der Waals surface area contributed by atoms with Gasteiger partial charge in [0.05, 0.1) is 7.11 Å². The van der Waals surface area contributed by atoms with Crippen molar-refractivity contribution >= 4 is 35.9 Å². The monoisotopic (exact) mass is 632 g/mol. The molecule has 0 radical (unpaired) electrons. The van der Waals surface area contributed by atoms with E-state index in [0.29, 0.717) is 5.56 Å². The number of ether oxygens (including phenoxy) is 4. The number of carbonyl (C=O) groups excluding carboxylic acids is 5. The number of amides is 2. The summed E-state index contributed by atoms with van der Waals surface area (Å²) in [6.45, 7) is 2.01. The molecule has 3 atom stereocenters. The fraction of sp³-hybridized carbons (Fsp3) is 0.273. The Morgan fingerprint density at radius 3 is 1.87 bits per heavy atom. The lowest BCUT2D eigenvalue weighted by Crippen LogP contribution is -2.51. The molecule has 1 aliphatic carbocycles. The lowest BCUT2D eigenvalue weighted by molar-refractivity contribution is -0.179. The molecule has 240 valence electrons. The van der Waals surface area contributed by atoms with Crippen LogP contribution in [0.25, 0.3) is 11.1 Å². The first-order valence-corrected chi connectivity index (χ1v) is 14.1. The van der Waals surface area contributed by atoms with Crippen molar-refractivity contribution in [3.63, 3.8) is 0 Å². The van der Waals surface area contributed by atoms with Crippen LogP contribution in [-0.2, 0) is 44.5 Å². The van der Waals surface area contributed by atoms with Crippen molar-refractivity contribution < 1.29 is 52.8 Å². The molecule has 0 saturated carbocycles. The van der Waals surface area contributed by atoms with E-state index in [2.05, 4.69) is 10.6 Å². The lowest BCUT2D eigenvalue weighted by Gasteiger charge is -2.24. The fourth-order valence-corrected chi connectivity index (χ4v) is 5.12. The third-order valence-electron chi connectivity index (χ3n) is 7.15. The van der Waals surface area contributed by atoms with E-state index in [4.69, 9.17) is 18.9 Å². The summed E-state index contributed by atoms with van der Waals surface area (Å²) in [6.07, 6.45) is -4.63. The zero-order chi connectivity index (χ0) is 33.4. The number of nitrogens with one attached hydrogen (secondary N) is 2. The van der Waals surface area contributed by atoms with Crippen LogP contribution in [0.4, 0.5) is 4.79 Å². The van der Waals surface area contributed by atoms with Crippen LogP contribution in [0.2, 0.25) is 0 Å². The van der Waals surface area contributed by atoms with Crippen LogP contribution in [-0.4, -0.2) is 73.1 Å². The molecule has 0 aromatic heterocycles. The first-order chi connectivity index (χ1) is 22.0. The molecule has 0 fully saturated rings. The summed E-state index contributed by atoms with van der Waals surface area (Å²) in [5.41, 5.74) is 4.79. The standard InChI is InChI=1S/C33H32N2O11/c1-18(36)45-28(31(39)40)30(46-19(2)37)35-29(38)21-14-12-20(13-15-21)16-27(32(41)43-3)34-33(42)44-17-26-24-10-6-4-8-22(24)23-9-5-7-11-25(23)26/h4-15,26-28,30H,16-17H2,1-3H3,(H,34,42)(H,35,38)(H,39,40)/t27?,28-,30-/m1/s1. The van der Waals surface area contributed by atoms with Gasteiger partial charge in [0.25, 0.3) is 12.0 Å². The number of alkyl carbamates (subject to hydrolysis) is 1. The molecule has 2 amide bonds. The van der Waals surface area contributed by atoms with Gasteiger partial charge < -0.3 is 34.7 Å². The minimum Gasteiger partial charge on any atom is -0.478 e. The van der Waals surface area contributed by atoms with E-state index in [1.165, 1.54) is 31.4 Å². The van der Waals surface area contributed by atoms with Crippen LogP contribution in [0, 0.1) is 0 Å². The van der Waals surface area contributed by atoms with Crippen molar-refractivity contribution in [3.05, 3.63) is 95.1 Å². The molecular weight excluding hydrogens is 600 g/mol. The highest BCUT2D eigenvalue weighted by Gasteiger charge is 2.35. The van der Waals surface area contributed by atoms with Crippen LogP contribution in [0.1, 0.15) is 46.8 Å². The summed E-state index contributed by atoms with van der Waals surface area (Å²) in [5, 5.41) is 14.2. The van der Waals surface area contributed by atoms with Gasteiger partial charge in [0.1, 0.15) is 12.6 Å². The summed E-state index contributed by atoms with van der Waals surface area (Å²) in [6, 6.07) is 20.4. The van der Waals surface area contributed by atoms with E-state index >= 15 is 0 Å². The lowest BCUT2D eigenvalue weighted by atomic mass is 9.98. The largest absolute Gasteiger partial charge is 0.478 e. The second kappa shape index (κ2) is 14.8. The van der Waals surface area contributed by atoms with Crippen LogP contribution in [0.15, 0.2) is 72.8 Å². The predicted octanol–water partition coefficient (Wildman–Crippen LogP) is 2.94. The van der Waals surface area contributed by atoms with Gasteiger partial charge in [0, 0.05) is 31.7 Å². The number of benzene rings is 3. The molecule has 0 bridgehead atoms. The maximum Gasteiger partial charge on any atom is 0.407 e. The number of rotatable bonds is 12. The normalized spacial score (nSPS) is 13.5. The Hall–Kier alpha value is -5.72. The number of methoxy groups -OCH3 is 1. The zero-order valence-electron chi connectivity index (χ0n) is 25.2. The number of aliphatic carboxylic acids is 1. The van der Waals surface area contributed by atoms with Crippen LogP contribution >= 0.6 is 0 Å². The number of esters is 3. The van der Waals surface area contributed by atoms with Gasteiger partial charge >= 0.3 is 30.0 Å². The molecule has 3 aromatic carbocycles. The second-order valence-electron chi connectivity index (χ2n) is 10.3. The summed E-state index contributed by atoms with van der Waals surface area (Å²) in [4.78, 5) is 72.7. The molecule has 4 rings (SSSR count). The van der Waals surface area contributed by atoms with Crippen LogP contribution in [0.3, 0.4) is 0 Å². The molecule has 1 unspecified atom stereocenters.